The van der Waals surface area contributed by atoms with Gasteiger partial charge in [-0.25, -0.2) is 0 Å². The maximum atomic E-state index is 13.3. The molecule has 0 radical (unpaired) electrons. The summed E-state index contributed by atoms with van der Waals surface area (Å²) in [5.74, 6) is -2.97. The van der Waals surface area contributed by atoms with Crippen LogP contribution in [0.3, 0.4) is 0 Å². The number of ether oxygens (including phenoxy) is 3. The Balaban J connectivity index is 2.73. The summed E-state index contributed by atoms with van der Waals surface area (Å²) in [7, 11) is 0. The molecule has 2 rings (SSSR count). The summed E-state index contributed by atoms with van der Waals surface area (Å²) < 4.78 is 18.3. The fraction of sp³-hybridized carbons (Fsp3) is 0.531. The van der Waals surface area contributed by atoms with Gasteiger partial charge in [0.1, 0.15) is 5.76 Å². The van der Waals surface area contributed by atoms with Crippen LogP contribution in [0.2, 0.25) is 0 Å². The van der Waals surface area contributed by atoms with Gasteiger partial charge in [0, 0.05) is 17.2 Å². The zero-order valence-electron chi connectivity index (χ0n) is 24.6. The molecule has 1 aromatic rings. The molecule has 0 bridgehead atoms. The van der Waals surface area contributed by atoms with E-state index in [9.17, 15) is 14.4 Å². The normalized spacial score (nSPS) is 17.9. The minimum atomic E-state index is -1.80. The number of carbonyl (C=O) groups excluding carboxylic acids is 3. The van der Waals surface area contributed by atoms with Crippen molar-refractivity contribution in [2.75, 3.05) is 6.61 Å². The molecule has 1 atom stereocenters. The van der Waals surface area contributed by atoms with E-state index in [-0.39, 0.29) is 5.78 Å². The van der Waals surface area contributed by atoms with Crippen molar-refractivity contribution < 1.29 is 28.6 Å². The van der Waals surface area contributed by atoms with Crippen LogP contribution in [0, 0.1) is 22.2 Å². The highest BCUT2D eigenvalue weighted by atomic mass is 16.7. The third-order valence-electron chi connectivity index (χ3n) is 6.53. The Hall–Kier alpha value is -3.15. The average molecular weight is 525 g/mol. The number of allylic oxidation sites excluding steroid dienone is 2. The molecule has 1 unspecified atom stereocenters. The summed E-state index contributed by atoms with van der Waals surface area (Å²) in [5.41, 5.74) is -1.03. The van der Waals surface area contributed by atoms with Crippen LogP contribution in [0.15, 0.2) is 66.0 Å². The van der Waals surface area contributed by atoms with Crippen molar-refractivity contribution in [2.45, 2.75) is 81.4 Å². The van der Waals surface area contributed by atoms with E-state index in [0.717, 1.165) is 0 Å². The minimum Gasteiger partial charge on any atom is -0.497 e. The first kappa shape index (κ1) is 31.1. The van der Waals surface area contributed by atoms with Crippen molar-refractivity contribution in [2.24, 2.45) is 22.2 Å². The molecule has 0 N–H and O–H groups in total. The molecule has 0 saturated carbocycles. The molecule has 208 valence electrons. The molecule has 0 spiro atoms. The molecule has 1 aromatic carbocycles. The predicted molar refractivity (Wildman–Crippen MR) is 149 cm³/mol. The molecule has 1 aliphatic rings. The lowest BCUT2D eigenvalue weighted by molar-refractivity contribution is -0.216. The lowest BCUT2D eigenvalue weighted by Crippen LogP contribution is -2.50. The predicted octanol–water partition coefficient (Wildman–Crippen LogP) is 7.21. The Morgan fingerprint density at radius 3 is 1.84 bits per heavy atom. The maximum Gasteiger partial charge on any atom is 0.315 e. The Morgan fingerprint density at radius 2 is 1.39 bits per heavy atom. The van der Waals surface area contributed by atoms with E-state index in [4.69, 9.17) is 14.2 Å². The second-order valence-corrected chi connectivity index (χ2v) is 12.4. The van der Waals surface area contributed by atoms with Gasteiger partial charge in [-0.15, -0.1) is 0 Å². The van der Waals surface area contributed by atoms with Crippen LogP contribution >= 0.6 is 0 Å². The molecule has 0 saturated heterocycles. The van der Waals surface area contributed by atoms with E-state index in [0.29, 0.717) is 29.9 Å². The maximum absolute atomic E-state index is 13.3. The van der Waals surface area contributed by atoms with Crippen LogP contribution in [0.5, 0.6) is 0 Å². The molecular weight excluding hydrogens is 480 g/mol. The van der Waals surface area contributed by atoms with Crippen molar-refractivity contribution in [1.82, 2.24) is 0 Å². The number of rotatable bonds is 9. The van der Waals surface area contributed by atoms with Crippen LogP contribution in [0.1, 0.15) is 86.0 Å². The Labute approximate surface area is 228 Å². The van der Waals surface area contributed by atoms with Gasteiger partial charge >= 0.3 is 17.7 Å². The van der Waals surface area contributed by atoms with Gasteiger partial charge in [-0.3, -0.25) is 14.4 Å². The van der Waals surface area contributed by atoms with E-state index in [1.54, 1.807) is 65.8 Å². The fourth-order valence-corrected chi connectivity index (χ4v) is 3.74. The second-order valence-electron chi connectivity index (χ2n) is 12.4. The molecular formula is C32H44O6. The third kappa shape index (κ3) is 7.46. The van der Waals surface area contributed by atoms with Gasteiger partial charge in [-0.1, -0.05) is 63.3 Å². The average Bonchev–Trinajstić information content (AvgIpc) is 2.82. The highest BCUT2D eigenvalue weighted by Crippen LogP contribution is 2.47. The SMILES string of the molecule is CCOC1=CC(OC(=O)C(C)(C)C)(OC(=O)C(C)(C)C)C(C(C)(C)CC)=CC1/C=C/C(=O)c1ccccc1. The first-order valence-electron chi connectivity index (χ1n) is 13.3. The molecule has 0 aromatic heterocycles. The number of hydrogen-bond acceptors (Lipinski definition) is 6. The Bertz CT molecular complexity index is 1080. The summed E-state index contributed by atoms with van der Waals surface area (Å²) in [6.07, 6.45) is 7.46. The molecule has 0 amide bonds. The van der Waals surface area contributed by atoms with Crippen LogP contribution in [-0.2, 0) is 23.8 Å². The van der Waals surface area contributed by atoms with Crippen LogP contribution in [-0.4, -0.2) is 30.1 Å². The fourth-order valence-electron chi connectivity index (χ4n) is 3.74. The Kier molecular flexibility index (Phi) is 9.58. The van der Waals surface area contributed by atoms with Crippen molar-refractivity contribution >= 4 is 17.7 Å². The minimum absolute atomic E-state index is 0.138. The van der Waals surface area contributed by atoms with Gasteiger partial charge in [-0.05, 0) is 66.4 Å². The highest BCUT2D eigenvalue weighted by molar-refractivity contribution is 6.04. The zero-order valence-corrected chi connectivity index (χ0v) is 24.6. The van der Waals surface area contributed by atoms with E-state index >= 15 is 0 Å². The standard InChI is InChI=1S/C32H44O6/c1-11-31(9,10)26-20-23(18-19-24(33)22-16-14-13-15-17-22)25(36-12-2)21-32(26,37-27(34)29(3,4)5)38-28(35)30(6,7)8/h13-21,23H,11-12H2,1-10H3/b19-18+. The van der Waals surface area contributed by atoms with E-state index < -0.39 is 39.9 Å². The number of carbonyl (C=O) groups is 3. The van der Waals surface area contributed by atoms with Crippen LogP contribution in [0.25, 0.3) is 0 Å². The van der Waals surface area contributed by atoms with E-state index in [1.807, 2.05) is 52.0 Å². The van der Waals surface area contributed by atoms with Crippen molar-refractivity contribution in [1.29, 1.82) is 0 Å². The van der Waals surface area contributed by atoms with Gasteiger partial charge in [-0.2, -0.15) is 0 Å². The van der Waals surface area contributed by atoms with Gasteiger partial charge in [0.15, 0.2) is 5.78 Å². The first-order valence-corrected chi connectivity index (χ1v) is 13.3. The molecule has 0 heterocycles. The highest BCUT2D eigenvalue weighted by Gasteiger charge is 2.52. The van der Waals surface area contributed by atoms with E-state index in [1.165, 1.54) is 6.08 Å². The number of hydrogen-bond donors (Lipinski definition) is 0. The monoisotopic (exact) mass is 524 g/mol. The first-order chi connectivity index (χ1) is 17.5. The van der Waals surface area contributed by atoms with Crippen molar-refractivity contribution in [3.63, 3.8) is 0 Å². The molecule has 6 nitrogen and oxygen atoms in total. The molecule has 38 heavy (non-hydrogen) atoms. The lowest BCUT2D eigenvalue weighted by Gasteiger charge is -2.44. The summed E-state index contributed by atoms with van der Waals surface area (Å²) >= 11 is 0. The number of benzene rings is 1. The number of ketones is 1. The number of esters is 2. The smallest absolute Gasteiger partial charge is 0.315 e. The zero-order chi connectivity index (χ0) is 28.9. The summed E-state index contributed by atoms with van der Waals surface area (Å²) in [4.78, 5) is 39.4. The summed E-state index contributed by atoms with van der Waals surface area (Å²) in [6.45, 7) is 18.7. The van der Waals surface area contributed by atoms with Gasteiger partial charge < -0.3 is 14.2 Å². The van der Waals surface area contributed by atoms with Gasteiger partial charge in [0.05, 0.1) is 23.4 Å². The lowest BCUT2D eigenvalue weighted by atomic mass is 9.73. The quantitative estimate of drug-likeness (QED) is 0.112. The van der Waals surface area contributed by atoms with Gasteiger partial charge in [0.25, 0.3) is 0 Å². The third-order valence-corrected chi connectivity index (χ3v) is 6.53. The Morgan fingerprint density at radius 1 is 0.868 bits per heavy atom. The van der Waals surface area contributed by atoms with Crippen LogP contribution < -0.4 is 0 Å². The van der Waals surface area contributed by atoms with Crippen LogP contribution in [0.4, 0.5) is 0 Å². The molecule has 0 aliphatic heterocycles. The summed E-state index contributed by atoms with van der Waals surface area (Å²) in [6, 6.07) is 9.01. The van der Waals surface area contributed by atoms with Crippen molar-refractivity contribution in [3.8, 4) is 0 Å². The van der Waals surface area contributed by atoms with Crippen molar-refractivity contribution in [3.05, 3.63) is 71.5 Å². The van der Waals surface area contributed by atoms with E-state index in [2.05, 4.69) is 0 Å². The molecule has 1 aliphatic carbocycles. The molecule has 0 fully saturated rings. The topological polar surface area (TPSA) is 78.9 Å². The second kappa shape index (κ2) is 11.7. The largest absolute Gasteiger partial charge is 0.497 e. The van der Waals surface area contributed by atoms with Gasteiger partial charge in [0.2, 0.25) is 0 Å². The molecule has 6 heteroatoms. The summed E-state index contributed by atoms with van der Waals surface area (Å²) in [5, 5.41) is 0.